The third-order valence-corrected chi connectivity index (χ3v) is 5.59. The largest absolute Gasteiger partial charge is 0.368 e. The molecule has 0 bridgehead atoms. The zero-order chi connectivity index (χ0) is 21.3. The lowest BCUT2D eigenvalue weighted by molar-refractivity contribution is 0.0988. The van der Waals surface area contributed by atoms with Gasteiger partial charge in [0.1, 0.15) is 11.5 Å². The van der Waals surface area contributed by atoms with Gasteiger partial charge < -0.3 is 10.6 Å². The molecule has 1 aromatic carbocycles. The van der Waals surface area contributed by atoms with Gasteiger partial charge in [-0.3, -0.25) is 4.79 Å². The Balaban J connectivity index is 1.55. The first kappa shape index (κ1) is 20.0. The maximum atomic E-state index is 13.0. The van der Waals surface area contributed by atoms with Gasteiger partial charge in [-0.15, -0.1) is 0 Å². The standard InChI is InChI=1S/C24H27N5O/c1-15(2)18-6-4-5-17(11-18)12-22(30)21-8-7-16(3)23(27-21)29-10-9-20-19(14-29)13-26-24(25)28-20/h4-8,11,13,15H,9-10,12,14H2,1-3H3,(H2,25,26,28). The van der Waals surface area contributed by atoms with E-state index in [2.05, 4.69) is 40.8 Å². The average molecular weight is 402 g/mol. The fraction of sp³-hybridized carbons (Fsp3) is 0.333. The number of anilines is 2. The highest BCUT2D eigenvalue weighted by Crippen LogP contribution is 2.25. The predicted octanol–water partition coefficient (Wildman–Crippen LogP) is 3.87. The zero-order valence-electron chi connectivity index (χ0n) is 17.7. The molecule has 0 aliphatic carbocycles. The molecule has 0 atom stereocenters. The molecular formula is C24H27N5O. The number of ketones is 1. The Morgan fingerprint density at radius 2 is 2.03 bits per heavy atom. The van der Waals surface area contributed by atoms with Crippen molar-refractivity contribution in [3.8, 4) is 0 Å². The van der Waals surface area contributed by atoms with Crippen LogP contribution in [0.3, 0.4) is 0 Å². The van der Waals surface area contributed by atoms with E-state index < -0.39 is 0 Å². The van der Waals surface area contributed by atoms with E-state index in [-0.39, 0.29) is 5.78 Å². The molecule has 3 aromatic rings. The lowest BCUT2D eigenvalue weighted by atomic mass is 9.98. The van der Waals surface area contributed by atoms with Crippen molar-refractivity contribution in [2.45, 2.75) is 46.1 Å². The van der Waals surface area contributed by atoms with Gasteiger partial charge in [-0.2, -0.15) is 0 Å². The molecule has 0 unspecified atom stereocenters. The first-order valence-corrected chi connectivity index (χ1v) is 10.4. The van der Waals surface area contributed by atoms with Crippen molar-refractivity contribution < 1.29 is 4.79 Å². The maximum Gasteiger partial charge on any atom is 0.220 e. The molecule has 1 aliphatic heterocycles. The number of benzene rings is 1. The minimum Gasteiger partial charge on any atom is -0.368 e. The number of Topliss-reactive ketones (excluding diaryl/α,β-unsaturated/α-hetero) is 1. The summed E-state index contributed by atoms with van der Waals surface area (Å²) in [5.74, 6) is 1.63. The number of carbonyl (C=O) groups excluding carboxylic acids is 1. The van der Waals surface area contributed by atoms with Gasteiger partial charge in [0, 0.05) is 37.7 Å². The summed E-state index contributed by atoms with van der Waals surface area (Å²) in [6, 6.07) is 12.1. The molecule has 2 aromatic heterocycles. The highest BCUT2D eigenvalue weighted by molar-refractivity contribution is 5.96. The number of carbonyl (C=O) groups is 1. The Morgan fingerprint density at radius 3 is 2.83 bits per heavy atom. The van der Waals surface area contributed by atoms with Gasteiger partial charge in [0.2, 0.25) is 5.95 Å². The Hall–Kier alpha value is -3.28. The second-order valence-corrected chi connectivity index (χ2v) is 8.21. The van der Waals surface area contributed by atoms with E-state index >= 15 is 0 Å². The van der Waals surface area contributed by atoms with Crippen LogP contribution in [-0.2, 0) is 19.4 Å². The number of pyridine rings is 1. The molecule has 6 nitrogen and oxygen atoms in total. The Kier molecular flexibility index (Phi) is 5.48. The molecule has 0 fully saturated rings. The van der Waals surface area contributed by atoms with E-state index in [4.69, 9.17) is 10.7 Å². The molecule has 0 saturated carbocycles. The molecule has 3 heterocycles. The number of nitrogens with two attached hydrogens (primary N) is 1. The van der Waals surface area contributed by atoms with Crippen LogP contribution >= 0.6 is 0 Å². The van der Waals surface area contributed by atoms with E-state index in [1.165, 1.54) is 5.56 Å². The average Bonchev–Trinajstić information content (AvgIpc) is 2.74. The maximum absolute atomic E-state index is 13.0. The van der Waals surface area contributed by atoms with E-state index in [9.17, 15) is 4.79 Å². The molecule has 6 heteroatoms. The number of hydrogen-bond donors (Lipinski definition) is 1. The van der Waals surface area contributed by atoms with Crippen LogP contribution in [-0.4, -0.2) is 27.3 Å². The van der Waals surface area contributed by atoms with Gasteiger partial charge in [-0.25, -0.2) is 15.0 Å². The third kappa shape index (κ3) is 4.17. The summed E-state index contributed by atoms with van der Waals surface area (Å²) in [5.41, 5.74) is 11.6. The summed E-state index contributed by atoms with van der Waals surface area (Å²) in [6.07, 6.45) is 2.92. The lowest BCUT2D eigenvalue weighted by Crippen LogP contribution is -2.33. The number of aromatic nitrogens is 3. The van der Waals surface area contributed by atoms with Crippen LogP contribution in [0.15, 0.2) is 42.6 Å². The Labute approximate surface area is 177 Å². The van der Waals surface area contributed by atoms with Gasteiger partial charge in [0.15, 0.2) is 5.78 Å². The molecule has 30 heavy (non-hydrogen) atoms. The van der Waals surface area contributed by atoms with E-state index in [1.807, 2.05) is 31.2 Å². The highest BCUT2D eigenvalue weighted by atomic mass is 16.1. The van der Waals surface area contributed by atoms with Crippen LogP contribution in [0.5, 0.6) is 0 Å². The summed E-state index contributed by atoms with van der Waals surface area (Å²) in [5, 5.41) is 0. The van der Waals surface area contributed by atoms with E-state index in [1.54, 1.807) is 6.20 Å². The van der Waals surface area contributed by atoms with Crippen LogP contribution in [0.4, 0.5) is 11.8 Å². The number of aryl methyl sites for hydroxylation is 1. The quantitative estimate of drug-likeness (QED) is 0.653. The van der Waals surface area contributed by atoms with Gasteiger partial charge in [0.05, 0.1) is 5.69 Å². The van der Waals surface area contributed by atoms with Crippen molar-refractivity contribution in [3.05, 3.63) is 76.2 Å². The summed E-state index contributed by atoms with van der Waals surface area (Å²) in [4.78, 5) is 28.4. The molecule has 1 aliphatic rings. The number of rotatable bonds is 5. The van der Waals surface area contributed by atoms with Crippen molar-refractivity contribution in [3.63, 3.8) is 0 Å². The molecule has 0 amide bonds. The smallest absolute Gasteiger partial charge is 0.220 e. The van der Waals surface area contributed by atoms with Crippen molar-refractivity contribution in [1.29, 1.82) is 0 Å². The number of fused-ring (bicyclic) bond motifs is 1. The predicted molar refractivity (Wildman–Crippen MR) is 119 cm³/mol. The van der Waals surface area contributed by atoms with Gasteiger partial charge in [-0.05, 0) is 35.6 Å². The van der Waals surface area contributed by atoms with Crippen LogP contribution < -0.4 is 10.6 Å². The molecule has 154 valence electrons. The molecular weight excluding hydrogens is 374 g/mol. The van der Waals surface area contributed by atoms with Crippen molar-refractivity contribution in [1.82, 2.24) is 15.0 Å². The summed E-state index contributed by atoms with van der Waals surface area (Å²) < 4.78 is 0. The number of nitrogens with zero attached hydrogens (tertiary/aromatic N) is 4. The van der Waals surface area contributed by atoms with Gasteiger partial charge >= 0.3 is 0 Å². The zero-order valence-corrected chi connectivity index (χ0v) is 17.7. The van der Waals surface area contributed by atoms with E-state index in [0.29, 0.717) is 30.5 Å². The summed E-state index contributed by atoms with van der Waals surface area (Å²) >= 11 is 0. The monoisotopic (exact) mass is 401 g/mol. The van der Waals surface area contributed by atoms with Crippen LogP contribution in [0.2, 0.25) is 0 Å². The molecule has 2 N–H and O–H groups in total. The molecule has 0 saturated heterocycles. The summed E-state index contributed by atoms with van der Waals surface area (Å²) in [6.45, 7) is 7.79. The number of nitrogen functional groups attached to an aromatic ring is 1. The SMILES string of the molecule is Cc1ccc(C(=O)Cc2cccc(C(C)C)c2)nc1N1CCc2nc(N)ncc2C1. The van der Waals surface area contributed by atoms with Crippen LogP contribution in [0.25, 0.3) is 0 Å². The minimum absolute atomic E-state index is 0.0330. The van der Waals surface area contributed by atoms with Crippen molar-refractivity contribution in [2.75, 3.05) is 17.2 Å². The highest BCUT2D eigenvalue weighted by Gasteiger charge is 2.22. The van der Waals surface area contributed by atoms with Crippen LogP contribution in [0.1, 0.15) is 58.2 Å². The van der Waals surface area contributed by atoms with Gasteiger partial charge in [-0.1, -0.05) is 44.2 Å². The van der Waals surface area contributed by atoms with Crippen molar-refractivity contribution in [2.24, 2.45) is 0 Å². The second-order valence-electron chi connectivity index (χ2n) is 8.21. The first-order valence-electron chi connectivity index (χ1n) is 10.4. The number of hydrogen-bond acceptors (Lipinski definition) is 6. The van der Waals surface area contributed by atoms with Crippen molar-refractivity contribution >= 4 is 17.5 Å². The fourth-order valence-electron chi connectivity index (χ4n) is 3.84. The van der Waals surface area contributed by atoms with Gasteiger partial charge in [0.25, 0.3) is 0 Å². The Morgan fingerprint density at radius 1 is 1.20 bits per heavy atom. The normalized spacial score (nSPS) is 13.4. The first-order chi connectivity index (χ1) is 14.4. The Bertz CT molecular complexity index is 1090. The van der Waals surface area contributed by atoms with Crippen LogP contribution in [0, 0.1) is 6.92 Å². The molecule has 0 radical (unpaired) electrons. The second kappa shape index (κ2) is 8.22. The lowest BCUT2D eigenvalue weighted by Gasteiger charge is -2.30. The van der Waals surface area contributed by atoms with E-state index in [0.717, 1.165) is 41.2 Å². The third-order valence-electron chi connectivity index (χ3n) is 5.59. The topological polar surface area (TPSA) is 85.0 Å². The molecule has 4 rings (SSSR count). The fourth-order valence-corrected chi connectivity index (χ4v) is 3.84. The minimum atomic E-state index is 0.0330. The summed E-state index contributed by atoms with van der Waals surface area (Å²) in [7, 11) is 0. The molecule has 0 spiro atoms.